The normalized spacial score (nSPS) is 18.3. The Morgan fingerprint density at radius 2 is 1.91 bits per heavy atom. The summed E-state index contributed by atoms with van der Waals surface area (Å²) in [6, 6.07) is 13.7. The quantitative estimate of drug-likeness (QED) is 0.452. The zero-order valence-corrected chi connectivity index (χ0v) is 19.6. The van der Waals surface area contributed by atoms with Crippen LogP contribution in [0.3, 0.4) is 0 Å². The summed E-state index contributed by atoms with van der Waals surface area (Å²) in [5.41, 5.74) is 1.95. The second kappa shape index (κ2) is 8.24. The van der Waals surface area contributed by atoms with E-state index < -0.39 is 0 Å². The molecule has 1 aromatic carbocycles. The highest BCUT2D eigenvalue weighted by atomic mass is 32.1. The standard InChI is InChI=1S/C24H27N5OS2/c30-23(25-18-7-8-18)17-5-3-16(4-6-17)14-27(19-9-10-19)15-28-24(31)29(20-11-12-20)22(26-28)21-2-1-13-32-21/h1-6,13,18-20H,7-12,14-15H2,(H,25,30). The Morgan fingerprint density at radius 3 is 2.53 bits per heavy atom. The summed E-state index contributed by atoms with van der Waals surface area (Å²) < 4.78 is 5.10. The first kappa shape index (κ1) is 20.3. The van der Waals surface area contributed by atoms with E-state index in [-0.39, 0.29) is 5.91 Å². The van der Waals surface area contributed by atoms with Gasteiger partial charge >= 0.3 is 0 Å². The maximum atomic E-state index is 12.3. The van der Waals surface area contributed by atoms with Gasteiger partial charge in [-0.2, -0.15) is 0 Å². The predicted octanol–water partition coefficient (Wildman–Crippen LogP) is 4.99. The van der Waals surface area contributed by atoms with E-state index in [9.17, 15) is 4.79 Å². The molecule has 2 aromatic heterocycles. The van der Waals surface area contributed by atoms with Gasteiger partial charge in [-0.05, 0) is 79.9 Å². The second-order valence-corrected chi connectivity index (χ2v) is 10.6. The molecule has 0 saturated heterocycles. The van der Waals surface area contributed by atoms with Gasteiger partial charge in [-0.1, -0.05) is 18.2 Å². The number of hydrogen-bond acceptors (Lipinski definition) is 5. The average molecular weight is 466 g/mol. The monoisotopic (exact) mass is 465 g/mol. The third-order valence-corrected chi connectivity index (χ3v) is 7.69. The lowest BCUT2D eigenvalue weighted by atomic mass is 10.1. The number of aromatic nitrogens is 3. The summed E-state index contributed by atoms with van der Waals surface area (Å²) in [6.07, 6.45) is 7.02. The minimum atomic E-state index is 0.0381. The lowest BCUT2D eigenvalue weighted by molar-refractivity contribution is 0.0951. The summed E-state index contributed by atoms with van der Waals surface area (Å²) >= 11 is 7.59. The van der Waals surface area contributed by atoms with Crippen molar-refractivity contribution in [3.63, 3.8) is 0 Å². The minimum absolute atomic E-state index is 0.0381. The van der Waals surface area contributed by atoms with Crippen molar-refractivity contribution >= 4 is 29.5 Å². The van der Waals surface area contributed by atoms with Crippen LogP contribution in [0.2, 0.25) is 0 Å². The second-order valence-electron chi connectivity index (χ2n) is 9.25. The van der Waals surface area contributed by atoms with Crippen LogP contribution >= 0.6 is 23.6 Å². The number of benzene rings is 1. The third-order valence-electron chi connectivity index (χ3n) is 6.42. The largest absolute Gasteiger partial charge is 0.349 e. The molecule has 32 heavy (non-hydrogen) atoms. The lowest BCUT2D eigenvalue weighted by Gasteiger charge is -2.22. The lowest BCUT2D eigenvalue weighted by Crippen LogP contribution is -2.29. The van der Waals surface area contributed by atoms with Crippen LogP contribution in [0, 0.1) is 4.77 Å². The molecule has 0 aliphatic heterocycles. The first-order valence-electron chi connectivity index (χ1n) is 11.5. The first-order valence-corrected chi connectivity index (χ1v) is 12.8. The molecule has 0 atom stereocenters. The molecule has 1 amide bonds. The van der Waals surface area contributed by atoms with Gasteiger partial charge in [0, 0.05) is 30.2 Å². The van der Waals surface area contributed by atoms with E-state index in [2.05, 4.69) is 44.4 Å². The van der Waals surface area contributed by atoms with Crippen LogP contribution in [-0.2, 0) is 13.2 Å². The van der Waals surface area contributed by atoms with Crippen molar-refractivity contribution in [2.24, 2.45) is 0 Å². The van der Waals surface area contributed by atoms with Gasteiger partial charge in [0.25, 0.3) is 5.91 Å². The molecule has 3 fully saturated rings. The van der Waals surface area contributed by atoms with Gasteiger partial charge in [0.15, 0.2) is 10.6 Å². The Hall–Kier alpha value is -2.29. The van der Waals surface area contributed by atoms with Gasteiger partial charge in [0.2, 0.25) is 0 Å². The average Bonchev–Trinajstić information content (AvgIpc) is 3.69. The van der Waals surface area contributed by atoms with E-state index in [1.54, 1.807) is 11.3 Å². The van der Waals surface area contributed by atoms with Crippen molar-refractivity contribution in [2.45, 2.75) is 69.9 Å². The number of thiophene rings is 1. The van der Waals surface area contributed by atoms with Crippen molar-refractivity contribution in [3.8, 4) is 10.7 Å². The highest BCUT2D eigenvalue weighted by Crippen LogP contribution is 2.39. The van der Waals surface area contributed by atoms with Gasteiger partial charge in [-0.15, -0.1) is 16.4 Å². The Bertz CT molecular complexity index is 1170. The van der Waals surface area contributed by atoms with Crippen LogP contribution in [0.15, 0.2) is 41.8 Å². The summed E-state index contributed by atoms with van der Waals surface area (Å²) in [5.74, 6) is 1.05. The molecule has 0 radical (unpaired) electrons. The molecule has 0 unspecified atom stereocenters. The summed E-state index contributed by atoms with van der Waals surface area (Å²) in [4.78, 5) is 15.9. The Morgan fingerprint density at radius 1 is 1.12 bits per heavy atom. The van der Waals surface area contributed by atoms with E-state index >= 15 is 0 Å². The van der Waals surface area contributed by atoms with E-state index in [0.717, 1.165) is 35.5 Å². The number of amides is 1. The van der Waals surface area contributed by atoms with Crippen molar-refractivity contribution in [3.05, 3.63) is 57.7 Å². The summed E-state index contributed by atoms with van der Waals surface area (Å²) in [7, 11) is 0. The summed E-state index contributed by atoms with van der Waals surface area (Å²) in [6.45, 7) is 1.53. The minimum Gasteiger partial charge on any atom is -0.349 e. The van der Waals surface area contributed by atoms with Gasteiger partial charge in [0.05, 0.1) is 11.5 Å². The number of hydrogen-bond donors (Lipinski definition) is 1. The topological polar surface area (TPSA) is 55.1 Å². The SMILES string of the molecule is O=C(NC1CC1)c1ccc(CN(Cn2nc(-c3cccs3)n(C3CC3)c2=S)C2CC2)cc1. The molecule has 0 bridgehead atoms. The molecule has 166 valence electrons. The molecule has 6 rings (SSSR count). The zero-order valence-electron chi connectivity index (χ0n) is 17.9. The smallest absolute Gasteiger partial charge is 0.251 e. The van der Waals surface area contributed by atoms with Crippen LogP contribution in [0.5, 0.6) is 0 Å². The highest BCUT2D eigenvalue weighted by molar-refractivity contribution is 7.71. The molecule has 1 N–H and O–H groups in total. The Labute approximate surface area is 196 Å². The summed E-state index contributed by atoms with van der Waals surface area (Å²) in [5, 5.41) is 10.1. The van der Waals surface area contributed by atoms with E-state index in [0.29, 0.717) is 24.8 Å². The van der Waals surface area contributed by atoms with Crippen LogP contribution in [0.1, 0.15) is 60.5 Å². The molecule has 2 heterocycles. The van der Waals surface area contributed by atoms with Crippen molar-refractivity contribution in [1.82, 2.24) is 24.6 Å². The predicted molar refractivity (Wildman–Crippen MR) is 128 cm³/mol. The fourth-order valence-corrected chi connectivity index (χ4v) is 5.19. The maximum Gasteiger partial charge on any atom is 0.251 e. The highest BCUT2D eigenvalue weighted by Gasteiger charge is 2.32. The number of nitrogens with one attached hydrogen (secondary N) is 1. The van der Waals surface area contributed by atoms with Crippen LogP contribution in [0.25, 0.3) is 10.7 Å². The van der Waals surface area contributed by atoms with Gasteiger partial charge in [0.1, 0.15) is 0 Å². The van der Waals surface area contributed by atoms with Crippen molar-refractivity contribution in [2.75, 3.05) is 0 Å². The fourth-order valence-electron chi connectivity index (χ4n) is 4.15. The van der Waals surface area contributed by atoms with Crippen molar-refractivity contribution < 1.29 is 4.79 Å². The van der Waals surface area contributed by atoms with Gasteiger partial charge in [-0.25, -0.2) is 4.68 Å². The van der Waals surface area contributed by atoms with Gasteiger partial charge < -0.3 is 5.32 Å². The molecule has 0 spiro atoms. The Balaban J connectivity index is 1.20. The molecule has 3 aliphatic rings. The van der Waals surface area contributed by atoms with E-state index in [1.165, 1.54) is 36.1 Å². The van der Waals surface area contributed by atoms with Gasteiger partial charge in [-0.3, -0.25) is 14.3 Å². The molecule has 3 aliphatic carbocycles. The molecule has 8 heteroatoms. The number of carbonyl (C=O) groups excluding carboxylic acids is 1. The number of carbonyl (C=O) groups is 1. The molecule has 3 aromatic rings. The third kappa shape index (κ3) is 4.31. The van der Waals surface area contributed by atoms with Crippen LogP contribution < -0.4 is 5.32 Å². The fraction of sp³-hybridized carbons (Fsp3) is 0.458. The molecular weight excluding hydrogens is 438 g/mol. The zero-order chi connectivity index (χ0) is 21.7. The van der Waals surface area contributed by atoms with Crippen LogP contribution in [0.4, 0.5) is 0 Å². The Kier molecular flexibility index (Phi) is 5.24. The molecule has 6 nitrogen and oxygen atoms in total. The van der Waals surface area contributed by atoms with Crippen molar-refractivity contribution in [1.29, 1.82) is 0 Å². The maximum absolute atomic E-state index is 12.3. The molecule has 3 saturated carbocycles. The molecular formula is C24H27N5OS2. The first-order chi connectivity index (χ1) is 15.7. The number of nitrogens with zero attached hydrogens (tertiary/aromatic N) is 4. The number of rotatable bonds is 9. The van der Waals surface area contributed by atoms with E-state index in [4.69, 9.17) is 17.3 Å². The van der Waals surface area contributed by atoms with Crippen LogP contribution in [-0.4, -0.2) is 37.2 Å². The van der Waals surface area contributed by atoms with E-state index in [1.807, 2.05) is 16.8 Å².